The number of hydrogen-bond acceptors (Lipinski definition) is 3. The molecule has 0 N–H and O–H groups in total. The largest absolute Gasteiger partial charge is 0.497 e. The fourth-order valence-corrected chi connectivity index (χ4v) is 11.5. The van der Waals surface area contributed by atoms with Crippen LogP contribution in [0.15, 0.2) is 29.1 Å². The van der Waals surface area contributed by atoms with E-state index in [0.717, 1.165) is 11.3 Å². The molecule has 1 aromatic rings. The quantitative estimate of drug-likeness (QED) is 0.781. The van der Waals surface area contributed by atoms with E-state index in [9.17, 15) is 0 Å². The highest BCUT2D eigenvalue weighted by Crippen LogP contribution is 2.32. The zero-order chi connectivity index (χ0) is 14.8. The van der Waals surface area contributed by atoms with E-state index in [2.05, 4.69) is 44.4 Å². The van der Waals surface area contributed by atoms with Gasteiger partial charge in [-0.25, -0.2) is 0 Å². The third-order valence-electron chi connectivity index (χ3n) is 3.71. The Morgan fingerprint density at radius 3 is 2.20 bits per heavy atom. The summed E-state index contributed by atoms with van der Waals surface area (Å²) in [4.78, 5) is 1.41. The van der Waals surface area contributed by atoms with Crippen molar-refractivity contribution in [3.8, 4) is 5.75 Å². The molecule has 0 spiro atoms. The zero-order valence-electron chi connectivity index (χ0n) is 13.0. The van der Waals surface area contributed by atoms with Gasteiger partial charge in [0.15, 0.2) is 0 Å². The molecule has 0 atom stereocenters. The smallest absolute Gasteiger partial charge is 0.212 e. The summed E-state index contributed by atoms with van der Waals surface area (Å²) < 4.78 is 17.5. The number of benzene rings is 1. The Labute approximate surface area is 123 Å². The predicted molar refractivity (Wildman–Crippen MR) is 87.8 cm³/mol. The molecule has 1 saturated heterocycles. The van der Waals surface area contributed by atoms with Gasteiger partial charge in [-0.05, 0) is 48.7 Å². The molecule has 0 unspecified atom stereocenters. The van der Waals surface area contributed by atoms with Crippen LogP contribution >= 0.6 is 0 Å². The van der Waals surface area contributed by atoms with Crippen molar-refractivity contribution >= 4 is 22.7 Å². The van der Waals surface area contributed by atoms with Crippen molar-refractivity contribution < 1.29 is 13.6 Å². The van der Waals surface area contributed by atoms with Crippen LogP contribution in [0, 0.1) is 0 Å². The first-order valence-corrected chi connectivity index (χ1v) is 12.8. The van der Waals surface area contributed by atoms with Gasteiger partial charge in [-0.3, -0.25) is 0 Å². The van der Waals surface area contributed by atoms with Crippen molar-refractivity contribution in [3.63, 3.8) is 0 Å². The Morgan fingerprint density at radius 2 is 1.65 bits per heavy atom. The van der Waals surface area contributed by atoms with Crippen molar-refractivity contribution in [2.24, 2.45) is 0 Å². The van der Waals surface area contributed by atoms with Crippen LogP contribution in [0.1, 0.15) is 5.56 Å². The van der Waals surface area contributed by atoms with Crippen LogP contribution in [0.4, 0.5) is 0 Å². The topological polar surface area (TPSA) is 27.7 Å². The molecule has 1 aliphatic rings. The second-order valence-corrected chi connectivity index (χ2v) is 14.2. The number of ether oxygens (including phenoxy) is 1. The second kappa shape index (κ2) is 5.85. The molecule has 110 valence electrons. The van der Waals surface area contributed by atoms with Gasteiger partial charge in [0.1, 0.15) is 5.75 Å². The van der Waals surface area contributed by atoms with E-state index in [-0.39, 0.29) is 0 Å². The lowest BCUT2D eigenvalue weighted by Gasteiger charge is -2.31. The Balaban J connectivity index is 2.46. The summed E-state index contributed by atoms with van der Waals surface area (Å²) in [6.45, 7) is 10.5. The summed E-state index contributed by atoms with van der Waals surface area (Å²) in [5, 5.41) is 0. The van der Waals surface area contributed by atoms with E-state index < -0.39 is 16.6 Å². The lowest BCUT2D eigenvalue weighted by molar-refractivity contribution is 0.221. The average Bonchev–Trinajstić information content (AvgIpc) is 2.50. The summed E-state index contributed by atoms with van der Waals surface area (Å²) in [7, 11) is -2.02. The normalized spacial score (nSPS) is 21.1. The van der Waals surface area contributed by atoms with Gasteiger partial charge in [0, 0.05) is 0 Å². The zero-order valence-corrected chi connectivity index (χ0v) is 15.0. The van der Waals surface area contributed by atoms with Gasteiger partial charge < -0.3 is 13.6 Å². The number of rotatable bonds is 2. The molecule has 20 heavy (non-hydrogen) atoms. The van der Waals surface area contributed by atoms with Gasteiger partial charge in [-0.2, -0.15) is 0 Å². The summed E-state index contributed by atoms with van der Waals surface area (Å²) in [6, 6.07) is 8.15. The van der Waals surface area contributed by atoms with Gasteiger partial charge >= 0.3 is 0 Å². The summed E-state index contributed by atoms with van der Waals surface area (Å²) >= 11 is 0. The van der Waals surface area contributed by atoms with Crippen molar-refractivity contribution in [2.75, 3.05) is 20.3 Å². The predicted octanol–water partition coefficient (Wildman–Crippen LogP) is 3.61. The highest BCUT2D eigenvalue weighted by atomic mass is 28.4. The van der Waals surface area contributed by atoms with E-state index in [1.54, 1.807) is 7.11 Å². The highest BCUT2D eigenvalue weighted by Gasteiger charge is 2.42. The SMILES string of the molecule is COc1cccc(C=C2[Si](C)(C)OCCO[Si]2(C)C)c1. The van der Waals surface area contributed by atoms with Crippen LogP contribution in [0.2, 0.25) is 26.2 Å². The first-order chi connectivity index (χ1) is 9.35. The Bertz CT molecular complexity index is 490. The molecule has 1 aromatic carbocycles. The molecule has 5 heteroatoms. The van der Waals surface area contributed by atoms with Gasteiger partial charge in [-0.15, -0.1) is 0 Å². The van der Waals surface area contributed by atoms with E-state index in [1.807, 2.05) is 12.1 Å². The maximum absolute atomic E-state index is 6.12. The average molecular weight is 309 g/mol. The van der Waals surface area contributed by atoms with Crippen molar-refractivity contribution in [1.29, 1.82) is 0 Å². The second-order valence-electron chi connectivity index (χ2n) is 6.05. The molecule has 0 radical (unpaired) electrons. The molecule has 0 aliphatic carbocycles. The summed E-state index contributed by atoms with van der Waals surface area (Å²) in [6.07, 6.45) is 2.27. The van der Waals surface area contributed by atoms with Crippen LogP contribution in [-0.2, 0) is 8.85 Å². The van der Waals surface area contributed by atoms with Gasteiger partial charge in [0.2, 0.25) is 16.6 Å². The van der Waals surface area contributed by atoms with E-state index in [1.165, 1.54) is 4.82 Å². The molecule has 0 amide bonds. The van der Waals surface area contributed by atoms with Gasteiger partial charge in [0.05, 0.1) is 20.3 Å². The van der Waals surface area contributed by atoms with Crippen LogP contribution < -0.4 is 4.74 Å². The molecular formula is C15H24O3Si2. The van der Waals surface area contributed by atoms with Crippen molar-refractivity contribution in [2.45, 2.75) is 26.2 Å². The molecule has 2 rings (SSSR count). The van der Waals surface area contributed by atoms with E-state index >= 15 is 0 Å². The standard InChI is InChI=1S/C15H24O3Si2/c1-16-14-8-6-7-13(11-14)12-15-19(2,3)17-9-10-18-20(15,4)5/h6-8,11-12H,9-10H2,1-5H3. The maximum atomic E-state index is 6.12. The first-order valence-electron chi connectivity index (χ1n) is 7.00. The van der Waals surface area contributed by atoms with Crippen molar-refractivity contribution in [1.82, 2.24) is 0 Å². The molecule has 3 nitrogen and oxygen atoms in total. The molecule has 1 heterocycles. The van der Waals surface area contributed by atoms with Crippen LogP contribution in [-0.4, -0.2) is 37.0 Å². The first kappa shape index (κ1) is 15.5. The molecule has 0 bridgehead atoms. The van der Waals surface area contributed by atoms with Crippen molar-refractivity contribution in [3.05, 3.63) is 34.6 Å². The fraction of sp³-hybridized carbons (Fsp3) is 0.467. The Kier molecular flexibility index (Phi) is 4.53. The monoisotopic (exact) mass is 308 g/mol. The molecule has 0 aromatic heterocycles. The third kappa shape index (κ3) is 3.41. The van der Waals surface area contributed by atoms with Gasteiger partial charge in [0.25, 0.3) is 0 Å². The van der Waals surface area contributed by atoms with E-state index in [0.29, 0.717) is 13.2 Å². The summed E-state index contributed by atoms with van der Waals surface area (Å²) in [5.41, 5.74) is 1.16. The lowest BCUT2D eigenvalue weighted by atomic mass is 10.2. The van der Waals surface area contributed by atoms with E-state index in [4.69, 9.17) is 13.6 Å². The minimum Gasteiger partial charge on any atom is -0.497 e. The Morgan fingerprint density at radius 1 is 1.05 bits per heavy atom. The van der Waals surface area contributed by atoms with Crippen LogP contribution in [0.25, 0.3) is 6.08 Å². The number of hydrogen-bond donors (Lipinski definition) is 0. The molecular weight excluding hydrogens is 284 g/mol. The maximum Gasteiger partial charge on any atom is 0.212 e. The summed E-state index contributed by atoms with van der Waals surface area (Å²) in [5.74, 6) is 0.883. The minimum atomic E-state index is -1.86. The van der Waals surface area contributed by atoms with Crippen LogP contribution in [0.5, 0.6) is 5.75 Å². The molecule has 1 aliphatic heterocycles. The molecule has 0 saturated carbocycles. The highest BCUT2D eigenvalue weighted by molar-refractivity contribution is 7.01. The minimum absolute atomic E-state index is 0.713. The Hall–Kier alpha value is -0.886. The number of methoxy groups -OCH3 is 1. The molecule has 1 fully saturated rings. The third-order valence-corrected chi connectivity index (χ3v) is 12.1. The van der Waals surface area contributed by atoms with Gasteiger partial charge in [-0.1, -0.05) is 18.2 Å². The van der Waals surface area contributed by atoms with Crippen LogP contribution in [0.3, 0.4) is 0 Å². The fourth-order valence-electron chi connectivity index (χ4n) is 2.72. The lowest BCUT2D eigenvalue weighted by Crippen LogP contribution is -2.45.